The lowest BCUT2D eigenvalue weighted by atomic mass is 10.1. The van der Waals surface area contributed by atoms with Crippen molar-refractivity contribution in [2.45, 2.75) is 20.0 Å². The molecule has 2 aromatic carbocycles. The van der Waals surface area contributed by atoms with Gasteiger partial charge >= 0.3 is 6.18 Å². The second-order valence-corrected chi connectivity index (χ2v) is 8.82. The van der Waals surface area contributed by atoms with Crippen molar-refractivity contribution in [2.24, 2.45) is 0 Å². The van der Waals surface area contributed by atoms with Gasteiger partial charge < -0.3 is 25.0 Å². The number of nitrogens with one attached hydrogen (secondary N) is 2. The summed E-state index contributed by atoms with van der Waals surface area (Å²) in [6, 6.07) is 9.70. The van der Waals surface area contributed by atoms with Gasteiger partial charge in [0.05, 0.1) is 5.56 Å². The molecule has 0 radical (unpaired) electrons. The number of likely N-dealkylation sites (N-methyl/N-ethyl adjacent to an activating group) is 1. The molecule has 11 heteroatoms. The quantitative estimate of drug-likeness (QED) is 0.533. The van der Waals surface area contributed by atoms with E-state index >= 15 is 0 Å². The van der Waals surface area contributed by atoms with E-state index in [2.05, 4.69) is 20.7 Å². The number of anilines is 3. The molecule has 1 aliphatic rings. The molecule has 36 heavy (non-hydrogen) atoms. The maximum Gasteiger partial charge on any atom is 0.416 e. The van der Waals surface area contributed by atoms with Gasteiger partial charge in [-0.15, -0.1) is 0 Å². The molecule has 190 valence electrons. The molecule has 2 amide bonds. The number of benzene rings is 2. The lowest BCUT2D eigenvalue weighted by Crippen LogP contribution is -2.44. The molecular weight excluding hydrogens is 475 g/mol. The van der Waals surface area contributed by atoms with Crippen LogP contribution in [-0.2, 0) is 6.18 Å². The Morgan fingerprint density at radius 2 is 1.67 bits per heavy atom. The minimum Gasteiger partial charge on any atom is -0.369 e. The predicted octanol–water partition coefficient (Wildman–Crippen LogP) is 4.57. The van der Waals surface area contributed by atoms with Crippen LogP contribution < -0.4 is 15.5 Å². The number of rotatable bonds is 5. The highest BCUT2D eigenvalue weighted by molar-refractivity contribution is 6.06. The number of carbonyl (C=O) groups excluding carboxylic acids is 2. The Labute approximate surface area is 206 Å². The largest absolute Gasteiger partial charge is 0.416 e. The molecule has 0 spiro atoms. The lowest BCUT2D eigenvalue weighted by Gasteiger charge is -2.34. The Hall–Kier alpha value is -3.86. The van der Waals surface area contributed by atoms with E-state index in [9.17, 15) is 22.8 Å². The summed E-state index contributed by atoms with van der Waals surface area (Å²) in [7, 11) is 1.95. The number of halogens is 3. The minimum atomic E-state index is -4.59. The average Bonchev–Trinajstić information content (AvgIpc) is 3.27. The smallest absolute Gasteiger partial charge is 0.369 e. The van der Waals surface area contributed by atoms with Gasteiger partial charge in [0.2, 0.25) is 0 Å². The summed E-state index contributed by atoms with van der Waals surface area (Å²) in [5, 5.41) is 9.04. The molecule has 1 saturated heterocycles. The van der Waals surface area contributed by atoms with Crippen LogP contribution >= 0.6 is 0 Å². The van der Waals surface area contributed by atoms with E-state index in [4.69, 9.17) is 4.52 Å². The number of nitrogens with zero attached hydrogens (tertiary/aromatic N) is 3. The summed E-state index contributed by atoms with van der Waals surface area (Å²) in [6.45, 7) is 5.98. The lowest BCUT2D eigenvalue weighted by molar-refractivity contribution is -0.137. The second kappa shape index (κ2) is 10.0. The molecule has 2 heterocycles. The summed E-state index contributed by atoms with van der Waals surface area (Å²) in [4.78, 5) is 29.2. The minimum absolute atomic E-state index is 0.0878. The maximum atomic E-state index is 13.6. The summed E-state index contributed by atoms with van der Waals surface area (Å²) >= 11 is 0. The van der Waals surface area contributed by atoms with Crippen LogP contribution in [0.1, 0.15) is 37.7 Å². The number of hydrogen-bond acceptors (Lipinski definition) is 6. The molecule has 4 rings (SSSR count). The van der Waals surface area contributed by atoms with Crippen LogP contribution in [0, 0.1) is 13.8 Å². The van der Waals surface area contributed by atoms with Crippen molar-refractivity contribution in [3.05, 3.63) is 70.6 Å². The standard InChI is InChI=1S/C25H26F3N5O3/c1-15-10-19(4-5-21(15)30-24(35)22-11-16(2)36-31-22)29-23(34)17-12-18(25(26,27)28)14-20(13-17)33-8-6-32(3)7-9-33/h4-5,10-14H,6-9H2,1-3H3,(H,29,34)(H,30,35). The molecule has 1 fully saturated rings. The highest BCUT2D eigenvalue weighted by atomic mass is 19.4. The Morgan fingerprint density at radius 1 is 0.944 bits per heavy atom. The van der Waals surface area contributed by atoms with Crippen molar-refractivity contribution in [3.63, 3.8) is 0 Å². The van der Waals surface area contributed by atoms with Gasteiger partial charge in [-0.05, 0) is 62.9 Å². The number of hydrogen-bond donors (Lipinski definition) is 2. The third kappa shape index (κ3) is 5.85. The average molecular weight is 502 g/mol. The molecule has 0 saturated carbocycles. The van der Waals surface area contributed by atoms with Crippen LogP contribution in [0.25, 0.3) is 0 Å². The van der Waals surface area contributed by atoms with Crippen molar-refractivity contribution in [1.82, 2.24) is 10.1 Å². The zero-order chi connectivity index (χ0) is 26.0. The highest BCUT2D eigenvalue weighted by Gasteiger charge is 2.32. The fourth-order valence-corrected chi connectivity index (χ4v) is 3.90. The van der Waals surface area contributed by atoms with Crippen LogP contribution in [0.15, 0.2) is 47.0 Å². The molecule has 1 aromatic heterocycles. The molecule has 0 unspecified atom stereocenters. The van der Waals surface area contributed by atoms with Crippen molar-refractivity contribution >= 4 is 28.9 Å². The third-order valence-corrected chi connectivity index (χ3v) is 5.97. The van der Waals surface area contributed by atoms with Gasteiger partial charge in [-0.1, -0.05) is 5.16 Å². The van der Waals surface area contributed by atoms with Crippen LogP contribution in [0.3, 0.4) is 0 Å². The SMILES string of the molecule is Cc1cc(C(=O)Nc2ccc(NC(=O)c3cc(N4CCN(C)CC4)cc(C(F)(F)F)c3)cc2C)no1. The Morgan fingerprint density at radius 3 is 2.28 bits per heavy atom. The van der Waals surface area contributed by atoms with Crippen molar-refractivity contribution in [3.8, 4) is 0 Å². The van der Waals surface area contributed by atoms with Gasteiger partial charge in [-0.25, -0.2) is 0 Å². The van der Waals surface area contributed by atoms with Crippen LogP contribution in [-0.4, -0.2) is 55.1 Å². The molecule has 2 N–H and O–H groups in total. The molecule has 1 aliphatic heterocycles. The first kappa shape index (κ1) is 25.2. The molecular formula is C25H26F3N5O3. The topological polar surface area (TPSA) is 90.7 Å². The van der Waals surface area contributed by atoms with E-state index in [0.29, 0.717) is 41.5 Å². The summed E-state index contributed by atoms with van der Waals surface area (Å²) in [5.74, 6) is -0.613. The van der Waals surface area contributed by atoms with E-state index in [1.807, 2.05) is 11.9 Å². The van der Waals surface area contributed by atoms with Gasteiger partial charge in [0, 0.05) is 54.9 Å². The molecule has 3 aromatic rings. The zero-order valence-corrected chi connectivity index (χ0v) is 20.1. The Balaban J connectivity index is 1.52. The Bertz CT molecular complexity index is 1280. The van der Waals surface area contributed by atoms with Crippen molar-refractivity contribution in [1.29, 1.82) is 0 Å². The van der Waals surface area contributed by atoms with Crippen LogP contribution in [0.5, 0.6) is 0 Å². The van der Waals surface area contributed by atoms with Gasteiger partial charge in [0.1, 0.15) is 5.76 Å². The van der Waals surface area contributed by atoms with Gasteiger partial charge in [-0.2, -0.15) is 13.2 Å². The third-order valence-electron chi connectivity index (χ3n) is 5.97. The number of alkyl halides is 3. The predicted molar refractivity (Wildman–Crippen MR) is 129 cm³/mol. The van der Waals surface area contributed by atoms with Crippen molar-refractivity contribution < 1.29 is 27.3 Å². The van der Waals surface area contributed by atoms with E-state index < -0.39 is 23.6 Å². The summed E-state index contributed by atoms with van der Waals surface area (Å²) in [6.07, 6.45) is -4.59. The van der Waals surface area contributed by atoms with Gasteiger partial charge in [0.25, 0.3) is 11.8 Å². The molecule has 0 bridgehead atoms. The fourth-order valence-electron chi connectivity index (χ4n) is 3.90. The van der Waals surface area contributed by atoms with E-state index in [0.717, 1.165) is 25.2 Å². The molecule has 0 atom stereocenters. The monoisotopic (exact) mass is 501 g/mol. The summed E-state index contributed by atoms with van der Waals surface area (Å²) in [5.41, 5.74) is 1.05. The van der Waals surface area contributed by atoms with E-state index in [-0.39, 0.29) is 11.3 Å². The maximum absolute atomic E-state index is 13.6. The second-order valence-electron chi connectivity index (χ2n) is 8.82. The van der Waals surface area contributed by atoms with Crippen molar-refractivity contribution in [2.75, 3.05) is 48.8 Å². The van der Waals surface area contributed by atoms with Gasteiger partial charge in [-0.3, -0.25) is 9.59 Å². The van der Waals surface area contributed by atoms with Gasteiger partial charge in [0.15, 0.2) is 5.69 Å². The fraction of sp³-hybridized carbons (Fsp3) is 0.320. The number of aromatic nitrogens is 1. The normalized spacial score (nSPS) is 14.6. The number of carbonyl (C=O) groups is 2. The highest BCUT2D eigenvalue weighted by Crippen LogP contribution is 2.33. The summed E-state index contributed by atoms with van der Waals surface area (Å²) < 4.78 is 45.7. The van der Waals surface area contributed by atoms with Crippen LogP contribution in [0.2, 0.25) is 0 Å². The number of amides is 2. The molecule has 8 nitrogen and oxygen atoms in total. The zero-order valence-electron chi connectivity index (χ0n) is 20.1. The van der Waals surface area contributed by atoms with E-state index in [1.54, 1.807) is 32.0 Å². The van der Waals surface area contributed by atoms with Crippen LogP contribution in [0.4, 0.5) is 30.2 Å². The first-order chi connectivity index (χ1) is 17.0. The first-order valence-corrected chi connectivity index (χ1v) is 11.3. The van der Waals surface area contributed by atoms with E-state index in [1.165, 1.54) is 12.1 Å². The molecule has 0 aliphatic carbocycles. The number of piperazine rings is 1. The number of aryl methyl sites for hydroxylation is 2. The Kier molecular flexibility index (Phi) is 7.02. The first-order valence-electron chi connectivity index (χ1n) is 11.3.